The topological polar surface area (TPSA) is 65.2 Å². The zero-order valence-electron chi connectivity index (χ0n) is 11.8. The highest BCUT2D eigenvalue weighted by Gasteiger charge is 2.32. The molecule has 0 amide bonds. The van der Waals surface area contributed by atoms with Crippen molar-refractivity contribution in [2.45, 2.75) is 31.7 Å². The van der Waals surface area contributed by atoms with Crippen molar-refractivity contribution in [3.8, 4) is 0 Å². The number of aromatic amines is 1. The molecule has 2 unspecified atom stereocenters. The molecule has 0 saturated carbocycles. The molecule has 2 rings (SSSR count). The molecule has 1 aromatic rings. The number of sulfonamides is 1. The van der Waals surface area contributed by atoms with E-state index in [1.165, 1.54) is 0 Å². The number of hydrogen-bond acceptors (Lipinski definition) is 3. The fourth-order valence-corrected chi connectivity index (χ4v) is 4.51. The fourth-order valence-electron chi connectivity index (χ4n) is 2.81. The molecule has 0 aromatic carbocycles. The number of aromatic nitrogens is 1. The van der Waals surface area contributed by atoms with Gasteiger partial charge in [0.25, 0.3) is 0 Å². The van der Waals surface area contributed by atoms with Crippen molar-refractivity contribution in [3.63, 3.8) is 0 Å². The van der Waals surface area contributed by atoms with Crippen LogP contribution in [0.25, 0.3) is 0 Å². The summed E-state index contributed by atoms with van der Waals surface area (Å²) in [6.07, 6.45) is 2.69. The Morgan fingerprint density at radius 1 is 1.37 bits per heavy atom. The van der Waals surface area contributed by atoms with Gasteiger partial charge in [-0.15, -0.1) is 0 Å². The number of H-pyrrole nitrogens is 1. The molecule has 0 bridgehead atoms. The maximum absolute atomic E-state index is 12.6. The lowest BCUT2D eigenvalue weighted by Crippen LogP contribution is -2.42. The van der Waals surface area contributed by atoms with Gasteiger partial charge in [-0.2, -0.15) is 4.31 Å². The van der Waals surface area contributed by atoms with E-state index in [0.717, 1.165) is 12.1 Å². The molecular formula is C13H23N3O2S. The standard InChI is InChI=1S/C13H23N3O2S/c1-10-4-11(2)9-16(8-10)19(17,18)13-5-12(6-14-3)15-7-13/h5,7,10-11,14-15H,4,6,8-9H2,1-3H3. The first-order chi connectivity index (χ1) is 8.93. The van der Waals surface area contributed by atoms with Crippen molar-refractivity contribution >= 4 is 10.0 Å². The van der Waals surface area contributed by atoms with E-state index in [9.17, 15) is 8.42 Å². The first-order valence-corrected chi connectivity index (χ1v) is 8.19. The second kappa shape index (κ2) is 5.64. The van der Waals surface area contributed by atoms with Crippen molar-refractivity contribution in [1.29, 1.82) is 0 Å². The predicted octanol–water partition coefficient (Wildman–Crippen LogP) is 1.40. The van der Waals surface area contributed by atoms with Gasteiger partial charge >= 0.3 is 0 Å². The quantitative estimate of drug-likeness (QED) is 0.879. The molecular weight excluding hydrogens is 262 g/mol. The summed E-state index contributed by atoms with van der Waals surface area (Å²) >= 11 is 0. The molecule has 2 N–H and O–H groups in total. The van der Waals surface area contributed by atoms with Crippen LogP contribution in [-0.4, -0.2) is 37.8 Å². The molecule has 1 aliphatic heterocycles. The molecule has 1 aromatic heterocycles. The molecule has 1 aliphatic rings. The summed E-state index contributed by atoms with van der Waals surface area (Å²) in [6, 6.07) is 1.72. The largest absolute Gasteiger partial charge is 0.363 e. The summed E-state index contributed by atoms with van der Waals surface area (Å²) in [6.45, 7) is 6.12. The Morgan fingerprint density at radius 3 is 2.58 bits per heavy atom. The van der Waals surface area contributed by atoms with Gasteiger partial charge < -0.3 is 10.3 Å². The average Bonchev–Trinajstić information content (AvgIpc) is 2.77. The second-order valence-electron chi connectivity index (χ2n) is 5.66. The minimum atomic E-state index is -3.35. The van der Waals surface area contributed by atoms with Gasteiger partial charge in [-0.05, 0) is 31.4 Å². The van der Waals surface area contributed by atoms with Crippen molar-refractivity contribution in [2.75, 3.05) is 20.1 Å². The molecule has 0 radical (unpaired) electrons. The van der Waals surface area contributed by atoms with E-state index in [-0.39, 0.29) is 0 Å². The van der Waals surface area contributed by atoms with Gasteiger partial charge in [-0.1, -0.05) is 13.8 Å². The molecule has 2 atom stereocenters. The molecule has 19 heavy (non-hydrogen) atoms. The van der Waals surface area contributed by atoms with E-state index < -0.39 is 10.0 Å². The van der Waals surface area contributed by atoms with Crippen LogP contribution in [0.1, 0.15) is 26.0 Å². The van der Waals surface area contributed by atoms with Gasteiger partial charge in [0, 0.05) is 31.5 Å². The molecule has 0 aliphatic carbocycles. The van der Waals surface area contributed by atoms with Crippen molar-refractivity contribution in [2.24, 2.45) is 11.8 Å². The zero-order chi connectivity index (χ0) is 14.0. The molecule has 6 heteroatoms. The maximum atomic E-state index is 12.6. The van der Waals surface area contributed by atoms with Crippen LogP contribution in [0.3, 0.4) is 0 Å². The molecule has 0 spiro atoms. The van der Waals surface area contributed by atoms with Crippen molar-refractivity contribution in [3.05, 3.63) is 18.0 Å². The lowest BCUT2D eigenvalue weighted by molar-refractivity contribution is 0.222. The highest BCUT2D eigenvalue weighted by Crippen LogP contribution is 2.26. The van der Waals surface area contributed by atoms with E-state index in [1.54, 1.807) is 16.6 Å². The summed E-state index contributed by atoms with van der Waals surface area (Å²) in [5.74, 6) is 0.850. The fraction of sp³-hybridized carbons (Fsp3) is 0.692. The zero-order valence-corrected chi connectivity index (χ0v) is 12.6. The Balaban J connectivity index is 2.20. The van der Waals surface area contributed by atoms with Gasteiger partial charge in [0.2, 0.25) is 10.0 Å². The number of nitrogens with zero attached hydrogens (tertiary/aromatic N) is 1. The summed E-state index contributed by atoms with van der Waals surface area (Å²) in [5.41, 5.74) is 0.888. The summed E-state index contributed by atoms with van der Waals surface area (Å²) in [4.78, 5) is 3.38. The van der Waals surface area contributed by atoms with Gasteiger partial charge in [-0.3, -0.25) is 0 Å². The Morgan fingerprint density at radius 2 is 2.00 bits per heavy atom. The predicted molar refractivity (Wildman–Crippen MR) is 75.3 cm³/mol. The van der Waals surface area contributed by atoms with Gasteiger partial charge in [0.15, 0.2) is 0 Å². The van der Waals surface area contributed by atoms with Crippen LogP contribution in [0.4, 0.5) is 0 Å². The number of nitrogens with one attached hydrogen (secondary N) is 2. The minimum absolute atomic E-state index is 0.374. The van der Waals surface area contributed by atoms with Crippen LogP contribution in [-0.2, 0) is 16.6 Å². The van der Waals surface area contributed by atoms with Crippen LogP contribution in [0.5, 0.6) is 0 Å². The van der Waals surface area contributed by atoms with Crippen molar-refractivity contribution < 1.29 is 8.42 Å². The number of piperidine rings is 1. The SMILES string of the molecule is CNCc1cc(S(=O)(=O)N2CC(C)CC(C)C2)c[nH]1. The highest BCUT2D eigenvalue weighted by molar-refractivity contribution is 7.89. The number of hydrogen-bond donors (Lipinski definition) is 2. The van der Waals surface area contributed by atoms with Gasteiger partial charge in [-0.25, -0.2) is 8.42 Å². The van der Waals surface area contributed by atoms with Crippen LogP contribution >= 0.6 is 0 Å². The summed E-state index contributed by atoms with van der Waals surface area (Å²) in [7, 11) is -1.51. The minimum Gasteiger partial charge on any atom is -0.363 e. The van der Waals surface area contributed by atoms with Crippen LogP contribution in [0.15, 0.2) is 17.2 Å². The van der Waals surface area contributed by atoms with Gasteiger partial charge in [0.1, 0.15) is 0 Å². The molecule has 5 nitrogen and oxygen atoms in total. The Labute approximate surface area is 115 Å². The lowest BCUT2D eigenvalue weighted by Gasteiger charge is -2.33. The summed E-state index contributed by atoms with van der Waals surface area (Å²) < 4.78 is 26.8. The molecule has 1 saturated heterocycles. The van der Waals surface area contributed by atoms with E-state index in [1.807, 2.05) is 7.05 Å². The Hall–Kier alpha value is -0.850. The van der Waals surface area contributed by atoms with E-state index in [0.29, 0.717) is 36.4 Å². The second-order valence-corrected chi connectivity index (χ2v) is 7.60. The van der Waals surface area contributed by atoms with Crippen molar-refractivity contribution in [1.82, 2.24) is 14.6 Å². The molecule has 108 valence electrons. The third kappa shape index (κ3) is 3.19. The Bertz CT molecular complexity index is 514. The molecule has 1 fully saturated rings. The van der Waals surface area contributed by atoms with E-state index >= 15 is 0 Å². The first-order valence-electron chi connectivity index (χ1n) is 6.75. The first kappa shape index (κ1) is 14.6. The van der Waals surface area contributed by atoms with Gasteiger partial charge in [0.05, 0.1) is 4.90 Å². The monoisotopic (exact) mass is 285 g/mol. The normalized spacial score (nSPS) is 25.6. The highest BCUT2D eigenvalue weighted by atomic mass is 32.2. The van der Waals surface area contributed by atoms with Crippen LogP contribution < -0.4 is 5.32 Å². The average molecular weight is 285 g/mol. The lowest BCUT2D eigenvalue weighted by atomic mass is 9.94. The third-order valence-electron chi connectivity index (χ3n) is 3.56. The number of rotatable bonds is 4. The van der Waals surface area contributed by atoms with Crippen LogP contribution in [0.2, 0.25) is 0 Å². The summed E-state index contributed by atoms with van der Waals surface area (Å²) in [5, 5.41) is 3.00. The van der Waals surface area contributed by atoms with E-state index in [2.05, 4.69) is 24.1 Å². The van der Waals surface area contributed by atoms with Crippen LogP contribution in [0, 0.1) is 11.8 Å². The smallest absolute Gasteiger partial charge is 0.244 e. The maximum Gasteiger partial charge on any atom is 0.244 e. The van der Waals surface area contributed by atoms with E-state index in [4.69, 9.17) is 0 Å². The third-order valence-corrected chi connectivity index (χ3v) is 5.37. The Kier molecular flexibility index (Phi) is 4.32. The molecule has 2 heterocycles.